The number of ether oxygens (including phenoxy) is 2. The lowest BCUT2D eigenvalue weighted by atomic mass is 10.4. The highest BCUT2D eigenvalue weighted by molar-refractivity contribution is 4.40. The van der Waals surface area contributed by atoms with Crippen molar-refractivity contribution in [1.82, 2.24) is 0 Å². The van der Waals surface area contributed by atoms with E-state index >= 15 is 0 Å². The van der Waals surface area contributed by atoms with Gasteiger partial charge >= 0.3 is 0 Å². The van der Waals surface area contributed by atoms with Crippen LogP contribution in [0.1, 0.15) is 53.4 Å². The van der Waals surface area contributed by atoms with E-state index in [2.05, 4.69) is 20.8 Å². The third-order valence-corrected chi connectivity index (χ3v) is 1.70. The largest absolute Gasteiger partial charge is 0.391 e. The summed E-state index contributed by atoms with van der Waals surface area (Å²) in [4.78, 5) is 0. The highest BCUT2D eigenvalue weighted by atomic mass is 16.5. The van der Waals surface area contributed by atoms with Crippen LogP contribution in [0.15, 0.2) is 0 Å². The van der Waals surface area contributed by atoms with Gasteiger partial charge < -0.3 is 14.6 Å². The van der Waals surface area contributed by atoms with Gasteiger partial charge in [0.05, 0.1) is 12.7 Å². The highest BCUT2D eigenvalue weighted by Gasteiger charge is 1.92. The smallest absolute Gasteiger partial charge is 0.0745 e. The number of aliphatic hydroxyl groups is 1. The number of unbranched alkanes of at least 4 members (excludes halogenated alkanes) is 1. The van der Waals surface area contributed by atoms with Gasteiger partial charge in [0.1, 0.15) is 0 Å². The molecule has 0 aliphatic carbocycles. The lowest BCUT2D eigenvalue weighted by molar-refractivity contribution is 0.0450. The second-order valence-corrected chi connectivity index (χ2v) is 3.89. The molecule has 1 atom stereocenters. The van der Waals surface area contributed by atoms with Crippen molar-refractivity contribution in [3.05, 3.63) is 0 Å². The van der Waals surface area contributed by atoms with Gasteiger partial charge in [-0.1, -0.05) is 27.2 Å². The zero-order chi connectivity index (χ0) is 12.6. The molecule has 0 bridgehead atoms. The summed E-state index contributed by atoms with van der Waals surface area (Å²) >= 11 is 0. The molecule has 100 valence electrons. The zero-order valence-electron chi connectivity index (χ0n) is 11.5. The molecule has 0 radical (unpaired) electrons. The molecule has 3 nitrogen and oxygen atoms in total. The lowest BCUT2D eigenvalue weighted by Gasteiger charge is -2.03. The van der Waals surface area contributed by atoms with Gasteiger partial charge in [-0.3, -0.25) is 0 Å². The molecular formula is C13H30O3. The van der Waals surface area contributed by atoms with E-state index in [0.717, 1.165) is 45.5 Å². The first-order valence-corrected chi connectivity index (χ1v) is 6.52. The van der Waals surface area contributed by atoms with Gasteiger partial charge in [-0.2, -0.15) is 0 Å². The Balaban J connectivity index is 0. The minimum Gasteiger partial charge on any atom is -0.391 e. The maximum atomic E-state index is 8.73. The molecule has 1 unspecified atom stereocenters. The van der Waals surface area contributed by atoms with Crippen molar-refractivity contribution in [3.63, 3.8) is 0 Å². The Labute approximate surface area is 101 Å². The molecule has 0 aromatic rings. The predicted octanol–water partition coefficient (Wildman–Crippen LogP) is 3.01. The van der Waals surface area contributed by atoms with Gasteiger partial charge in [-0.15, -0.1) is 0 Å². The maximum absolute atomic E-state index is 8.73. The van der Waals surface area contributed by atoms with Gasteiger partial charge in [0, 0.05) is 19.8 Å². The fraction of sp³-hybridized carbons (Fsp3) is 1.00. The lowest BCUT2D eigenvalue weighted by Crippen LogP contribution is -2.10. The van der Waals surface area contributed by atoms with Crippen molar-refractivity contribution < 1.29 is 14.6 Å². The molecule has 16 heavy (non-hydrogen) atoms. The summed E-state index contributed by atoms with van der Waals surface area (Å²) in [5.74, 6) is 0. The molecule has 0 aromatic carbocycles. The van der Waals surface area contributed by atoms with Crippen molar-refractivity contribution in [2.45, 2.75) is 59.5 Å². The summed E-state index contributed by atoms with van der Waals surface area (Å²) in [5.41, 5.74) is 0. The fourth-order valence-corrected chi connectivity index (χ4v) is 0.891. The first-order chi connectivity index (χ1) is 7.68. The first-order valence-electron chi connectivity index (χ1n) is 6.52. The highest BCUT2D eigenvalue weighted by Crippen LogP contribution is 1.89. The number of aliphatic hydroxyl groups excluding tert-OH is 1. The van der Waals surface area contributed by atoms with Gasteiger partial charge in [0.2, 0.25) is 0 Å². The van der Waals surface area contributed by atoms with Crippen LogP contribution in [0.25, 0.3) is 0 Å². The Morgan fingerprint density at radius 2 is 1.44 bits per heavy atom. The average Bonchev–Trinajstić information content (AvgIpc) is 2.26. The van der Waals surface area contributed by atoms with Crippen LogP contribution in [0.5, 0.6) is 0 Å². The normalized spacial score (nSPS) is 11.8. The Hall–Kier alpha value is -0.120. The van der Waals surface area contributed by atoms with Crippen molar-refractivity contribution in [2.24, 2.45) is 0 Å². The molecule has 0 heterocycles. The first kappa shape index (κ1) is 18.3. The van der Waals surface area contributed by atoms with Crippen molar-refractivity contribution in [3.8, 4) is 0 Å². The van der Waals surface area contributed by atoms with E-state index in [4.69, 9.17) is 14.6 Å². The Morgan fingerprint density at radius 3 is 1.81 bits per heavy atom. The van der Waals surface area contributed by atoms with Crippen LogP contribution in [0.3, 0.4) is 0 Å². The van der Waals surface area contributed by atoms with E-state index in [9.17, 15) is 0 Å². The van der Waals surface area contributed by atoms with Crippen LogP contribution in [0.4, 0.5) is 0 Å². The minimum atomic E-state index is -0.318. The Kier molecular flexibility index (Phi) is 19.7. The molecule has 0 aromatic heterocycles. The van der Waals surface area contributed by atoms with Crippen LogP contribution in [0, 0.1) is 0 Å². The third-order valence-electron chi connectivity index (χ3n) is 1.70. The molecule has 0 amide bonds. The SMILES string of the molecule is CCCCOCC(C)O.CCCOCCC. The van der Waals surface area contributed by atoms with E-state index in [1.807, 2.05) is 0 Å². The Bertz CT molecular complexity index is 101. The van der Waals surface area contributed by atoms with Crippen LogP contribution in [0.2, 0.25) is 0 Å². The van der Waals surface area contributed by atoms with Gasteiger partial charge in [0.15, 0.2) is 0 Å². The predicted molar refractivity (Wildman–Crippen MR) is 68.8 cm³/mol. The molecule has 0 aliphatic rings. The van der Waals surface area contributed by atoms with E-state index in [1.54, 1.807) is 6.92 Å². The minimum absolute atomic E-state index is 0.318. The summed E-state index contributed by atoms with van der Waals surface area (Å²) in [5, 5.41) is 8.73. The standard InChI is InChI=1S/C7H16O2.C6H14O/c1-3-4-5-9-6-7(2)8;1-3-5-7-6-4-2/h7-8H,3-6H2,1-2H3;3-6H2,1-2H3. The van der Waals surface area contributed by atoms with Crippen molar-refractivity contribution >= 4 is 0 Å². The molecular weight excluding hydrogens is 204 g/mol. The summed E-state index contributed by atoms with van der Waals surface area (Å²) in [6.07, 6.45) is 4.20. The van der Waals surface area contributed by atoms with Crippen LogP contribution < -0.4 is 0 Å². The fourth-order valence-electron chi connectivity index (χ4n) is 0.891. The van der Waals surface area contributed by atoms with Crippen LogP contribution in [-0.4, -0.2) is 37.6 Å². The monoisotopic (exact) mass is 234 g/mol. The van der Waals surface area contributed by atoms with E-state index < -0.39 is 0 Å². The molecule has 0 spiro atoms. The molecule has 3 heteroatoms. The Morgan fingerprint density at radius 1 is 0.875 bits per heavy atom. The second-order valence-electron chi connectivity index (χ2n) is 3.89. The number of hydrogen-bond acceptors (Lipinski definition) is 3. The van der Waals surface area contributed by atoms with Gasteiger partial charge in [-0.25, -0.2) is 0 Å². The summed E-state index contributed by atoms with van der Waals surface area (Å²) in [7, 11) is 0. The molecule has 0 fully saturated rings. The van der Waals surface area contributed by atoms with E-state index in [1.165, 1.54) is 0 Å². The molecule has 0 aliphatic heterocycles. The van der Waals surface area contributed by atoms with Crippen molar-refractivity contribution in [2.75, 3.05) is 26.4 Å². The van der Waals surface area contributed by atoms with Crippen LogP contribution in [-0.2, 0) is 9.47 Å². The summed E-state index contributed by atoms with van der Waals surface area (Å²) < 4.78 is 10.2. The second kappa shape index (κ2) is 17.3. The summed E-state index contributed by atoms with van der Waals surface area (Å²) in [6, 6.07) is 0. The van der Waals surface area contributed by atoms with Gasteiger partial charge in [-0.05, 0) is 26.2 Å². The number of rotatable bonds is 9. The zero-order valence-corrected chi connectivity index (χ0v) is 11.5. The molecule has 0 rings (SSSR count). The van der Waals surface area contributed by atoms with Crippen LogP contribution >= 0.6 is 0 Å². The third kappa shape index (κ3) is 23.6. The van der Waals surface area contributed by atoms with Gasteiger partial charge in [0.25, 0.3) is 0 Å². The molecule has 0 saturated heterocycles. The molecule has 0 saturated carbocycles. The molecule has 1 N–H and O–H groups in total. The average molecular weight is 234 g/mol. The van der Waals surface area contributed by atoms with Crippen molar-refractivity contribution in [1.29, 1.82) is 0 Å². The maximum Gasteiger partial charge on any atom is 0.0745 e. The van der Waals surface area contributed by atoms with E-state index in [0.29, 0.717) is 6.61 Å². The quantitative estimate of drug-likeness (QED) is 0.623. The number of hydrogen-bond donors (Lipinski definition) is 1. The summed E-state index contributed by atoms with van der Waals surface area (Å²) in [6.45, 7) is 11.2. The topological polar surface area (TPSA) is 38.7 Å². The van der Waals surface area contributed by atoms with E-state index in [-0.39, 0.29) is 6.10 Å².